The molecule has 3 rings (SSSR count). The minimum Gasteiger partial charge on any atom is -0.508 e. The summed E-state index contributed by atoms with van der Waals surface area (Å²) < 4.78 is 0. The molecule has 0 radical (unpaired) electrons. The van der Waals surface area contributed by atoms with E-state index in [0.29, 0.717) is 11.6 Å². The maximum Gasteiger partial charge on any atom is 0.254 e. The molecule has 0 bridgehead atoms. The van der Waals surface area contributed by atoms with Crippen LogP contribution in [0.1, 0.15) is 22.3 Å². The van der Waals surface area contributed by atoms with Crippen LogP contribution in [0, 0.1) is 6.92 Å². The number of nitrogens with zero attached hydrogens (tertiary/aromatic N) is 2. The van der Waals surface area contributed by atoms with Crippen molar-refractivity contribution in [3.8, 4) is 5.75 Å². The molecule has 0 spiro atoms. The summed E-state index contributed by atoms with van der Waals surface area (Å²) in [5.41, 5.74) is 1.37. The monoisotopic (exact) mass is 289 g/mol. The Kier molecular flexibility index (Phi) is 4.12. The molecule has 0 aliphatic carbocycles. The molecule has 21 heavy (non-hydrogen) atoms. The highest BCUT2D eigenvalue weighted by Crippen LogP contribution is 2.20. The van der Waals surface area contributed by atoms with E-state index in [1.165, 1.54) is 6.42 Å². The number of phenolic OH excluding ortho intramolecular Hbond substituents is 1. The summed E-state index contributed by atoms with van der Waals surface area (Å²) in [4.78, 5) is 16.8. The first kappa shape index (κ1) is 14.4. The first-order valence-electron chi connectivity index (χ1n) is 7.69. The van der Waals surface area contributed by atoms with E-state index in [2.05, 4.69) is 10.2 Å². The smallest absolute Gasteiger partial charge is 0.254 e. The van der Waals surface area contributed by atoms with Crippen molar-refractivity contribution in [3.63, 3.8) is 0 Å². The summed E-state index contributed by atoms with van der Waals surface area (Å²) in [5, 5.41) is 13.1. The fourth-order valence-corrected chi connectivity index (χ4v) is 3.17. The highest BCUT2D eigenvalue weighted by molar-refractivity contribution is 5.94. The molecule has 0 aromatic heterocycles. The molecular weight excluding hydrogens is 266 g/mol. The van der Waals surface area contributed by atoms with E-state index in [1.807, 2.05) is 11.8 Å². The molecular formula is C16H23N3O2. The fraction of sp³-hybridized carbons (Fsp3) is 0.562. The number of carbonyl (C=O) groups excluding carboxylic acids is 1. The largest absolute Gasteiger partial charge is 0.508 e. The summed E-state index contributed by atoms with van der Waals surface area (Å²) in [7, 11) is 0. The summed E-state index contributed by atoms with van der Waals surface area (Å²) in [6.45, 7) is 7.42. The summed E-state index contributed by atoms with van der Waals surface area (Å²) in [6.07, 6.45) is 1.21. The molecule has 0 saturated carbocycles. The lowest BCUT2D eigenvalue weighted by Gasteiger charge is -2.37. The minimum absolute atomic E-state index is 0.0227. The molecule has 1 aromatic rings. The lowest BCUT2D eigenvalue weighted by Crippen LogP contribution is -2.52. The first-order chi connectivity index (χ1) is 10.1. The highest BCUT2D eigenvalue weighted by atomic mass is 16.3. The third-order valence-corrected chi connectivity index (χ3v) is 4.61. The zero-order valence-electron chi connectivity index (χ0n) is 12.5. The van der Waals surface area contributed by atoms with Crippen LogP contribution >= 0.6 is 0 Å². The van der Waals surface area contributed by atoms with E-state index in [1.54, 1.807) is 18.2 Å². The normalized spacial score (nSPS) is 23.5. The Morgan fingerprint density at radius 3 is 2.67 bits per heavy atom. The van der Waals surface area contributed by atoms with Crippen molar-refractivity contribution < 1.29 is 9.90 Å². The van der Waals surface area contributed by atoms with Gasteiger partial charge in [-0.2, -0.15) is 0 Å². The van der Waals surface area contributed by atoms with Gasteiger partial charge in [-0.1, -0.05) is 6.07 Å². The van der Waals surface area contributed by atoms with Gasteiger partial charge in [0, 0.05) is 44.3 Å². The van der Waals surface area contributed by atoms with Crippen LogP contribution in [0.2, 0.25) is 0 Å². The number of phenols is 1. The van der Waals surface area contributed by atoms with Gasteiger partial charge in [-0.25, -0.2) is 0 Å². The van der Waals surface area contributed by atoms with Crippen molar-refractivity contribution in [1.29, 1.82) is 0 Å². The predicted octanol–water partition coefficient (Wildman–Crippen LogP) is 0.820. The number of carbonyl (C=O) groups is 1. The van der Waals surface area contributed by atoms with Crippen molar-refractivity contribution >= 4 is 5.91 Å². The Bertz CT molecular complexity index is 518. The van der Waals surface area contributed by atoms with Crippen LogP contribution in [0.4, 0.5) is 0 Å². The van der Waals surface area contributed by atoms with Crippen molar-refractivity contribution in [2.45, 2.75) is 19.4 Å². The average molecular weight is 289 g/mol. The van der Waals surface area contributed by atoms with Gasteiger partial charge in [0.15, 0.2) is 0 Å². The Labute approximate surface area is 125 Å². The van der Waals surface area contributed by atoms with Crippen molar-refractivity contribution in [1.82, 2.24) is 15.1 Å². The van der Waals surface area contributed by atoms with E-state index in [0.717, 1.165) is 44.8 Å². The lowest BCUT2D eigenvalue weighted by molar-refractivity contribution is 0.0583. The van der Waals surface area contributed by atoms with Gasteiger partial charge in [0.1, 0.15) is 5.75 Å². The minimum atomic E-state index is 0.0227. The van der Waals surface area contributed by atoms with Gasteiger partial charge in [-0.05, 0) is 37.6 Å². The molecule has 2 saturated heterocycles. The molecule has 2 N–H and O–H groups in total. The van der Waals surface area contributed by atoms with Gasteiger partial charge in [-0.3, -0.25) is 9.69 Å². The maximum atomic E-state index is 12.5. The van der Waals surface area contributed by atoms with Gasteiger partial charge in [-0.15, -0.1) is 0 Å². The predicted molar refractivity (Wildman–Crippen MR) is 81.6 cm³/mol. The van der Waals surface area contributed by atoms with Gasteiger partial charge >= 0.3 is 0 Å². The fourth-order valence-electron chi connectivity index (χ4n) is 3.17. The Hall–Kier alpha value is -1.59. The molecule has 5 nitrogen and oxygen atoms in total. The van der Waals surface area contributed by atoms with Crippen LogP contribution < -0.4 is 5.32 Å². The second-order valence-corrected chi connectivity index (χ2v) is 5.98. The molecule has 2 fully saturated rings. The van der Waals surface area contributed by atoms with Gasteiger partial charge in [0.2, 0.25) is 0 Å². The highest BCUT2D eigenvalue weighted by Gasteiger charge is 2.28. The van der Waals surface area contributed by atoms with E-state index in [9.17, 15) is 9.90 Å². The number of aryl methyl sites for hydroxylation is 1. The molecule has 1 amide bonds. The number of nitrogens with one attached hydrogen (secondary N) is 1. The molecule has 5 heteroatoms. The standard InChI is InChI=1S/C16H23N3O2/c1-12-2-3-13(10-15(12)20)16(21)19-8-6-18(7-9-19)14-4-5-17-11-14/h2-3,10,14,17,20H,4-9,11H2,1H3. The summed E-state index contributed by atoms with van der Waals surface area (Å²) in [6, 6.07) is 5.80. The Balaban J connectivity index is 1.60. The van der Waals surface area contributed by atoms with E-state index >= 15 is 0 Å². The SMILES string of the molecule is Cc1ccc(C(=O)N2CCN(C3CCNC3)CC2)cc1O. The quantitative estimate of drug-likeness (QED) is 0.846. The first-order valence-corrected chi connectivity index (χ1v) is 7.69. The zero-order valence-corrected chi connectivity index (χ0v) is 12.5. The molecule has 114 valence electrons. The van der Waals surface area contributed by atoms with Crippen LogP contribution in [0.5, 0.6) is 5.75 Å². The number of hydrogen-bond acceptors (Lipinski definition) is 4. The van der Waals surface area contributed by atoms with Crippen molar-refractivity contribution in [2.24, 2.45) is 0 Å². The molecule has 1 unspecified atom stereocenters. The number of piperazine rings is 1. The third kappa shape index (κ3) is 3.04. The third-order valence-electron chi connectivity index (χ3n) is 4.61. The zero-order chi connectivity index (χ0) is 14.8. The van der Waals surface area contributed by atoms with Gasteiger partial charge < -0.3 is 15.3 Å². The summed E-state index contributed by atoms with van der Waals surface area (Å²) in [5.74, 6) is 0.214. The van der Waals surface area contributed by atoms with E-state index < -0.39 is 0 Å². The van der Waals surface area contributed by atoms with Crippen molar-refractivity contribution in [3.05, 3.63) is 29.3 Å². The summed E-state index contributed by atoms with van der Waals surface area (Å²) >= 11 is 0. The molecule has 2 aliphatic heterocycles. The Morgan fingerprint density at radius 2 is 2.05 bits per heavy atom. The molecule has 1 atom stereocenters. The number of aromatic hydroxyl groups is 1. The molecule has 2 heterocycles. The number of amides is 1. The van der Waals surface area contributed by atoms with Crippen LogP contribution in [-0.4, -0.2) is 66.1 Å². The van der Waals surface area contributed by atoms with E-state index in [-0.39, 0.29) is 11.7 Å². The van der Waals surface area contributed by atoms with Gasteiger partial charge in [0.05, 0.1) is 0 Å². The second-order valence-electron chi connectivity index (χ2n) is 5.98. The lowest BCUT2D eigenvalue weighted by atomic mass is 10.1. The van der Waals surface area contributed by atoms with Crippen LogP contribution in [0.25, 0.3) is 0 Å². The topological polar surface area (TPSA) is 55.8 Å². The number of rotatable bonds is 2. The van der Waals surface area contributed by atoms with Crippen LogP contribution in [0.3, 0.4) is 0 Å². The average Bonchev–Trinajstić information content (AvgIpc) is 3.04. The maximum absolute atomic E-state index is 12.5. The van der Waals surface area contributed by atoms with Crippen LogP contribution in [-0.2, 0) is 0 Å². The molecule has 2 aliphatic rings. The number of hydrogen-bond donors (Lipinski definition) is 2. The number of benzene rings is 1. The van der Waals surface area contributed by atoms with Crippen LogP contribution in [0.15, 0.2) is 18.2 Å². The van der Waals surface area contributed by atoms with E-state index in [4.69, 9.17) is 0 Å². The van der Waals surface area contributed by atoms with Gasteiger partial charge in [0.25, 0.3) is 5.91 Å². The Morgan fingerprint density at radius 1 is 1.29 bits per heavy atom. The molecule has 1 aromatic carbocycles. The second kappa shape index (κ2) is 6.03. The van der Waals surface area contributed by atoms with Crippen molar-refractivity contribution in [2.75, 3.05) is 39.3 Å².